The summed E-state index contributed by atoms with van der Waals surface area (Å²) in [5.74, 6) is -3.23. The molecule has 10 nitrogen and oxygen atoms in total. The third-order valence-corrected chi connectivity index (χ3v) is 10.7. The lowest BCUT2D eigenvalue weighted by atomic mass is 9.94. The van der Waals surface area contributed by atoms with Crippen LogP contribution in [0.2, 0.25) is 0 Å². The van der Waals surface area contributed by atoms with Crippen LogP contribution in [0.25, 0.3) is 10.8 Å². The highest BCUT2D eigenvalue weighted by Gasteiger charge is 2.40. The predicted octanol–water partition coefficient (Wildman–Crippen LogP) is 5.92. The van der Waals surface area contributed by atoms with Crippen molar-refractivity contribution in [1.29, 1.82) is 0 Å². The number of carbonyl (C=O) groups is 4. The number of benzene rings is 2. The molecule has 0 aromatic heterocycles. The number of carbonyl (C=O) groups excluding carboxylic acids is 4. The number of phenolic OH excluding ortho intramolecular Hbond substituents is 1. The fourth-order valence-corrected chi connectivity index (χ4v) is 8.44. The van der Waals surface area contributed by atoms with E-state index in [1.54, 1.807) is 12.1 Å². The third-order valence-electron chi connectivity index (χ3n) is 8.38. The molecular weight excluding hydrogens is 649 g/mol. The number of amides is 4. The summed E-state index contributed by atoms with van der Waals surface area (Å²) in [6, 6.07) is 5.33. The monoisotopic (exact) mass is 691 g/mol. The van der Waals surface area contributed by atoms with E-state index in [0.29, 0.717) is 24.8 Å². The van der Waals surface area contributed by atoms with Crippen molar-refractivity contribution >= 4 is 57.7 Å². The Balaban J connectivity index is 1.51. The van der Waals surface area contributed by atoms with Gasteiger partial charge in [0.2, 0.25) is 19.2 Å². The summed E-state index contributed by atoms with van der Waals surface area (Å²) < 4.78 is 13.9. The number of rotatable bonds is 8. The maximum atomic E-state index is 13.7. The summed E-state index contributed by atoms with van der Waals surface area (Å²) in [4.78, 5) is 65.4. The third kappa shape index (κ3) is 8.29. The van der Waals surface area contributed by atoms with E-state index in [1.807, 2.05) is 13.8 Å². The minimum Gasteiger partial charge on any atom is -0.506 e. The van der Waals surface area contributed by atoms with E-state index in [2.05, 4.69) is 26.6 Å². The van der Waals surface area contributed by atoms with Gasteiger partial charge in [0, 0.05) is 35.0 Å². The molecule has 0 bridgehead atoms. The summed E-state index contributed by atoms with van der Waals surface area (Å²) in [6.07, 6.45) is 7.80. The Labute approximate surface area is 266 Å². The van der Waals surface area contributed by atoms with Crippen molar-refractivity contribution in [3.63, 3.8) is 0 Å². The van der Waals surface area contributed by atoms with Crippen LogP contribution in [0.4, 0.5) is 0 Å². The van der Waals surface area contributed by atoms with Gasteiger partial charge in [0.1, 0.15) is 18.1 Å². The van der Waals surface area contributed by atoms with Crippen LogP contribution in [-0.4, -0.2) is 63.6 Å². The lowest BCUT2D eigenvalue weighted by Crippen LogP contribution is -2.49. The zero-order chi connectivity index (χ0) is 32.0. The van der Waals surface area contributed by atoms with Gasteiger partial charge in [-0.3, -0.25) is 28.6 Å². The zero-order valence-electron chi connectivity index (χ0n) is 25.4. The number of hydrogen-bond acceptors (Lipinski definition) is 6. The van der Waals surface area contributed by atoms with Crippen molar-refractivity contribution in [2.24, 2.45) is 11.8 Å². The number of phenols is 1. The van der Waals surface area contributed by atoms with E-state index >= 15 is 0 Å². The highest BCUT2D eigenvalue weighted by Crippen LogP contribution is 2.47. The fraction of sp³-hybridized carbons (Fsp3) is 0.562. The highest BCUT2D eigenvalue weighted by molar-refractivity contribution is 9.10. The SMILES string of the molecule is CC(C)C[C@H](CP(=O)(O)CN1C(=O)c2cccc3c(O)c(Br)cc(c23)C1=O)C(=O)N[C@H]1CCCCCCCCCCNC1=O. The minimum atomic E-state index is -4.26. The Hall–Kier alpha value is -2.75. The zero-order valence-corrected chi connectivity index (χ0v) is 27.9. The molecule has 2 aromatic carbocycles. The number of nitrogens with zero attached hydrogens (tertiary/aromatic N) is 1. The second-order valence-corrected chi connectivity index (χ2v) is 15.7. The molecule has 44 heavy (non-hydrogen) atoms. The molecule has 0 saturated carbocycles. The van der Waals surface area contributed by atoms with Crippen LogP contribution in [0.15, 0.2) is 28.7 Å². The van der Waals surface area contributed by atoms with E-state index in [9.17, 15) is 33.7 Å². The second kappa shape index (κ2) is 15.0. The van der Waals surface area contributed by atoms with Gasteiger partial charge in [-0.25, -0.2) is 0 Å². The van der Waals surface area contributed by atoms with Gasteiger partial charge in [-0.1, -0.05) is 70.9 Å². The molecule has 1 saturated heterocycles. The maximum Gasteiger partial charge on any atom is 0.261 e. The van der Waals surface area contributed by atoms with Gasteiger partial charge in [0.05, 0.1) is 10.0 Å². The highest BCUT2D eigenvalue weighted by atomic mass is 79.9. The normalized spacial score (nSPS) is 20.7. The molecule has 0 spiro atoms. The van der Waals surface area contributed by atoms with Gasteiger partial charge in [-0.15, -0.1) is 0 Å². The Morgan fingerprint density at radius 1 is 1.05 bits per heavy atom. The number of hydrogen-bond donors (Lipinski definition) is 4. The molecule has 4 rings (SSSR count). The number of nitrogens with one attached hydrogen (secondary N) is 2. The quantitative estimate of drug-likeness (QED) is 0.198. The van der Waals surface area contributed by atoms with Crippen LogP contribution in [-0.2, 0) is 14.2 Å². The molecule has 12 heteroatoms. The molecule has 3 atom stereocenters. The first-order valence-corrected chi connectivity index (χ1v) is 18.4. The Morgan fingerprint density at radius 2 is 1.68 bits per heavy atom. The van der Waals surface area contributed by atoms with Crippen molar-refractivity contribution in [3.8, 4) is 5.75 Å². The molecule has 240 valence electrons. The van der Waals surface area contributed by atoms with Crippen LogP contribution in [0.5, 0.6) is 5.75 Å². The first-order valence-electron chi connectivity index (χ1n) is 15.6. The molecule has 1 unspecified atom stereocenters. The molecule has 2 aromatic rings. The molecule has 2 aliphatic rings. The van der Waals surface area contributed by atoms with Gasteiger partial charge in [-0.05, 0) is 53.2 Å². The van der Waals surface area contributed by atoms with Gasteiger partial charge in [0.15, 0.2) is 0 Å². The van der Waals surface area contributed by atoms with Crippen molar-refractivity contribution in [1.82, 2.24) is 15.5 Å². The number of halogens is 1. The average molecular weight is 693 g/mol. The standard InChI is InChI=1S/C32H43BrN3O7P/c1-20(2)16-21(29(38)35-26-14-9-7-5-3-4-6-8-10-15-34-30(26)39)18-44(42,43)19-36-31(40)23-13-11-12-22-27(23)24(32(36)41)17-25(33)28(22)37/h11-13,17,20-21,26,37H,3-10,14-16,18-19H2,1-2H3,(H,34,39)(H,35,38)(H,42,43)/t21-,26+/m1/s1. The molecule has 1 fully saturated rings. The van der Waals surface area contributed by atoms with E-state index in [4.69, 9.17) is 0 Å². The summed E-state index contributed by atoms with van der Waals surface area (Å²) in [6.45, 7) is 4.34. The van der Waals surface area contributed by atoms with Crippen LogP contribution >= 0.6 is 23.3 Å². The number of imide groups is 1. The van der Waals surface area contributed by atoms with Crippen LogP contribution in [0.1, 0.15) is 98.8 Å². The van der Waals surface area contributed by atoms with Gasteiger partial charge in [-0.2, -0.15) is 0 Å². The Morgan fingerprint density at radius 3 is 2.36 bits per heavy atom. The first-order chi connectivity index (χ1) is 20.9. The van der Waals surface area contributed by atoms with E-state index in [-0.39, 0.29) is 38.6 Å². The first kappa shape index (κ1) is 34.1. The largest absolute Gasteiger partial charge is 0.506 e. The smallest absolute Gasteiger partial charge is 0.261 e. The minimum absolute atomic E-state index is 0.00685. The molecule has 4 N–H and O–H groups in total. The molecule has 0 aliphatic carbocycles. The second-order valence-electron chi connectivity index (χ2n) is 12.5. The van der Waals surface area contributed by atoms with Crippen LogP contribution in [0.3, 0.4) is 0 Å². The van der Waals surface area contributed by atoms with Gasteiger partial charge < -0.3 is 20.6 Å². The molecular formula is C32H43BrN3O7P. The van der Waals surface area contributed by atoms with Crippen molar-refractivity contribution < 1.29 is 33.7 Å². The van der Waals surface area contributed by atoms with E-state index < -0.39 is 49.5 Å². The lowest BCUT2D eigenvalue weighted by molar-refractivity contribution is -0.131. The topological polar surface area (TPSA) is 153 Å². The van der Waals surface area contributed by atoms with Crippen molar-refractivity contribution in [2.75, 3.05) is 19.0 Å². The Kier molecular flexibility index (Phi) is 11.7. The summed E-state index contributed by atoms with van der Waals surface area (Å²) >= 11 is 3.24. The maximum absolute atomic E-state index is 13.7. The molecule has 0 radical (unpaired) electrons. The van der Waals surface area contributed by atoms with E-state index in [0.717, 1.165) is 49.8 Å². The average Bonchev–Trinajstić information content (AvgIpc) is 2.98. The molecule has 4 amide bonds. The summed E-state index contributed by atoms with van der Waals surface area (Å²) in [5, 5.41) is 16.9. The van der Waals surface area contributed by atoms with Crippen molar-refractivity contribution in [3.05, 3.63) is 39.9 Å². The Bertz CT molecular complexity index is 1460. The summed E-state index contributed by atoms with van der Waals surface area (Å²) in [5.41, 5.74) is 0.265. The van der Waals surface area contributed by atoms with Gasteiger partial charge >= 0.3 is 0 Å². The van der Waals surface area contributed by atoms with E-state index in [1.165, 1.54) is 18.6 Å². The van der Waals surface area contributed by atoms with Gasteiger partial charge in [0.25, 0.3) is 11.8 Å². The van der Waals surface area contributed by atoms with Crippen molar-refractivity contribution in [2.45, 2.75) is 84.1 Å². The van der Waals surface area contributed by atoms with Crippen LogP contribution in [0, 0.1) is 11.8 Å². The number of aromatic hydroxyl groups is 1. The fourth-order valence-electron chi connectivity index (χ4n) is 6.18. The predicted molar refractivity (Wildman–Crippen MR) is 173 cm³/mol. The van der Waals surface area contributed by atoms with Crippen LogP contribution < -0.4 is 10.6 Å². The summed E-state index contributed by atoms with van der Waals surface area (Å²) in [7, 11) is -4.26. The lowest BCUT2D eigenvalue weighted by Gasteiger charge is -2.30. The molecule has 2 heterocycles. The molecule has 2 aliphatic heterocycles.